The zero-order valence-corrected chi connectivity index (χ0v) is 23.0. The number of rotatable bonds is 6. The van der Waals surface area contributed by atoms with E-state index in [4.69, 9.17) is 9.72 Å². The van der Waals surface area contributed by atoms with E-state index in [1.165, 1.54) is 9.13 Å². The van der Waals surface area contributed by atoms with Crippen LogP contribution in [-0.4, -0.2) is 54.5 Å². The molecule has 4 rings (SSSR count). The van der Waals surface area contributed by atoms with Gasteiger partial charge in [-0.2, -0.15) is 4.98 Å². The molecular formula is C27H37N7O4. The molecular weight excluding hydrogens is 486 g/mol. The predicted octanol–water partition coefficient (Wildman–Crippen LogP) is 2.80. The maximum absolute atomic E-state index is 13.8. The van der Waals surface area contributed by atoms with Crippen molar-refractivity contribution in [3.05, 3.63) is 62.6 Å². The number of allylic oxidation sites excluding steroid dienone is 2. The fourth-order valence-electron chi connectivity index (χ4n) is 4.61. The van der Waals surface area contributed by atoms with Crippen LogP contribution in [0.3, 0.4) is 0 Å². The summed E-state index contributed by atoms with van der Waals surface area (Å²) in [7, 11) is 1.63. The smallest absolute Gasteiger partial charge is 0.407 e. The molecule has 1 N–H and O–H groups in total. The van der Waals surface area contributed by atoms with Gasteiger partial charge in [0.1, 0.15) is 5.60 Å². The molecule has 0 bridgehead atoms. The van der Waals surface area contributed by atoms with Gasteiger partial charge in [0.05, 0.1) is 6.54 Å². The van der Waals surface area contributed by atoms with Crippen LogP contribution in [0.4, 0.5) is 10.7 Å². The Bertz CT molecular complexity index is 1460. The number of nitrogens with one attached hydrogen (secondary N) is 1. The number of ether oxygens (including phenoxy) is 1. The number of anilines is 1. The summed E-state index contributed by atoms with van der Waals surface area (Å²) in [6.07, 6.45) is 6.51. The van der Waals surface area contributed by atoms with E-state index in [-0.39, 0.29) is 12.6 Å². The third-order valence-electron chi connectivity index (χ3n) is 6.38. The SMILES string of the molecule is CC(C)=CCn1c(N2CCCC(NC(=O)OC(C)(C)C)C2)nc2c1c(=O)n(Cc1cccnc1)c(=O)n2C. The highest BCUT2D eigenvalue weighted by Gasteiger charge is 2.29. The van der Waals surface area contributed by atoms with Crippen LogP contribution >= 0.6 is 0 Å². The van der Waals surface area contributed by atoms with Crippen LogP contribution in [0, 0.1) is 0 Å². The number of hydrogen-bond acceptors (Lipinski definition) is 7. The largest absolute Gasteiger partial charge is 0.444 e. The van der Waals surface area contributed by atoms with E-state index in [1.54, 1.807) is 25.5 Å². The molecule has 1 amide bonds. The Morgan fingerprint density at radius 1 is 1.24 bits per heavy atom. The highest BCUT2D eigenvalue weighted by molar-refractivity contribution is 5.75. The molecule has 3 aromatic rings. The summed E-state index contributed by atoms with van der Waals surface area (Å²) in [4.78, 5) is 50.4. The lowest BCUT2D eigenvalue weighted by Gasteiger charge is -2.34. The van der Waals surface area contributed by atoms with Crippen LogP contribution in [0.15, 0.2) is 45.8 Å². The van der Waals surface area contributed by atoms with E-state index in [2.05, 4.69) is 15.2 Å². The van der Waals surface area contributed by atoms with Crippen LogP contribution in [0.5, 0.6) is 0 Å². The van der Waals surface area contributed by atoms with Crippen molar-refractivity contribution < 1.29 is 9.53 Å². The Kier molecular flexibility index (Phi) is 7.75. The van der Waals surface area contributed by atoms with Gasteiger partial charge in [0.2, 0.25) is 5.95 Å². The first-order valence-corrected chi connectivity index (χ1v) is 12.9. The summed E-state index contributed by atoms with van der Waals surface area (Å²) in [5.41, 5.74) is 1.14. The second-order valence-corrected chi connectivity index (χ2v) is 11.0. The number of carbonyl (C=O) groups is 1. The standard InChI is InChI=1S/C27H37N7O4/c1-18(2)11-14-33-21-22(31(6)26(37)34(23(21)35)16-19-9-7-12-28-15-19)30-24(33)32-13-8-10-20(17-32)29-25(36)38-27(3,4)5/h7,9,11-12,15,20H,8,10,13-14,16-17H2,1-6H3,(H,29,36). The van der Waals surface area contributed by atoms with E-state index >= 15 is 0 Å². The first kappa shape index (κ1) is 27.2. The summed E-state index contributed by atoms with van der Waals surface area (Å²) in [6, 6.07) is 3.47. The van der Waals surface area contributed by atoms with E-state index in [9.17, 15) is 14.4 Å². The molecule has 1 atom stereocenters. The fraction of sp³-hybridized carbons (Fsp3) is 0.519. The number of hydrogen-bond donors (Lipinski definition) is 1. The van der Waals surface area contributed by atoms with Crippen LogP contribution in [0.25, 0.3) is 11.2 Å². The molecule has 1 saturated heterocycles. The summed E-state index contributed by atoms with van der Waals surface area (Å²) in [5, 5.41) is 2.97. The number of aromatic nitrogens is 5. The molecule has 1 unspecified atom stereocenters. The summed E-state index contributed by atoms with van der Waals surface area (Å²) in [5.74, 6) is 0.597. The molecule has 0 spiro atoms. The van der Waals surface area contributed by atoms with Gasteiger partial charge in [-0.3, -0.25) is 18.9 Å². The second-order valence-electron chi connectivity index (χ2n) is 11.0. The van der Waals surface area contributed by atoms with Gasteiger partial charge < -0.3 is 19.5 Å². The predicted molar refractivity (Wildman–Crippen MR) is 147 cm³/mol. The van der Waals surface area contributed by atoms with Gasteiger partial charge in [-0.05, 0) is 59.1 Å². The zero-order chi connectivity index (χ0) is 27.6. The van der Waals surface area contributed by atoms with Gasteiger partial charge in [-0.15, -0.1) is 0 Å². The number of nitrogens with zero attached hydrogens (tertiary/aromatic N) is 6. The molecule has 0 aromatic carbocycles. The summed E-state index contributed by atoms with van der Waals surface area (Å²) >= 11 is 0. The maximum atomic E-state index is 13.8. The van der Waals surface area contributed by atoms with Crippen molar-refractivity contribution in [3.63, 3.8) is 0 Å². The van der Waals surface area contributed by atoms with E-state index in [0.717, 1.165) is 24.0 Å². The normalized spacial score (nSPS) is 15.9. The van der Waals surface area contributed by atoms with Crippen molar-refractivity contribution in [1.29, 1.82) is 0 Å². The van der Waals surface area contributed by atoms with Crippen LogP contribution in [-0.2, 0) is 24.9 Å². The number of fused-ring (bicyclic) bond motifs is 1. The van der Waals surface area contributed by atoms with E-state index < -0.39 is 22.9 Å². The van der Waals surface area contributed by atoms with Gasteiger partial charge in [0, 0.05) is 45.1 Å². The molecule has 204 valence electrons. The topological polar surface area (TPSA) is 116 Å². The lowest BCUT2D eigenvalue weighted by Crippen LogP contribution is -2.49. The molecule has 4 heterocycles. The van der Waals surface area contributed by atoms with Gasteiger partial charge in [0.15, 0.2) is 11.2 Å². The van der Waals surface area contributed by atoms with Gasteiger partial charge >= 0.3 is 11.8 Å². The van der Waals surface area contributed by atoms with Gasteiger partial charge in [0.25, 0.3) is 5.56 Å². The van der Waals surface area contributed by atoms with Gasteiger partial charge in [-0.25, -0.2) is 9.59 Å². The van der Waals surface area contributed by atoms with Crippen LogP contribution in [0.2, 0.25) is 0 Å². The number of imidazole rings is 1. The first-order chi connectivity index (χ1) is 17.9. The fourth-order valence-corrected chi connectivity index (χ4v) is 4.61. The third-order valence-corrected chi connectivity index (χ3v) is 6.38. The second kappa shape index (κ2) is 10.8. The van der Waals surface area contributed by atoms with Crippen molar-refractivity contribution in [1.82, 2.24) is 29.0 Å². The van der Waals surface area contributed by atoms with Crippen molar-refractivity contribution >= 4 is 23.2 Å². The minimum atomic E-state index is -0.586. The van der Waals surface area contributed by atoms with Gasteiger partial charge in [-0.1, -0.05) is 17.7 Å². The lowest BCUT2D eigenvalue weighted by molar-refractivity contribution is 0.0499. The Labute approximate surface area is 221 Å². The minimum Gasteiger partial charge on any atom is -0.444 e. The Morgan fingerprint density at radius 2 is 2.00 bits per heavy atom. The molecule has 11 heteroatoms. The Balaban J connectivity index is 1.76. The zero-order valence-electron chi connectivity index (χ0n) is 23.0. The highest BCUT2D eigenvalue weighted by atomic mass is 16.6. The lowest BCUT2D eigenvalue weighted by atomic mass is 10.1. The van der Waals surface area contributed by atoms with E-state index in [1.807, 2.05) is 51.3 Å². The summed E-state index contributed by atoms with van der Waals surface area (Å²) in [6.45, 7) is 11.2. The number of alkyl carbamates (subject to hydrolysis) is 1. The van der Waals surface area contributed by atoms with Crippen LogP contribution in [0.1, 0.15) is 53.0 Å². The quantitative estimate of drug-likeness (QED) is 0.494. The number of aryl methyl sites for hydroxylation is 1. The maximum Gasteiger partial charge on any atom is 0.407 e. The monoisotopic (exact) mass is 523 g/mol. The number of piperidine rings is 1. The number of amides is 1. The van der Waals surface area contributed by atoms with Crippen molar-refractivity contribution in [2.24, 2.45) is 7.05 Å². The van der Waals surface area contributed by atoms with Crippen molar-refractivity contribution in [3.8, 4) is 0 Å². The molecule has 11 nitrogen and oxygen atoms in total. The summed E-state index contributed by atoms with van der Waals surface area (Å²) < 4.78 is 9.97. The van der Waals surface area contributed by atoms with Crippen LogP contribution < -0.4 is 21.5 Å². The Morgan fingerprint density at radius 3 is 2.66 bits per heavy atom. The average molecular weight is 524 g/mol. The number of pyridine rings is 1. The minimum absolute atomic E-state index is 0.115. The molecule has 38 heavy (non-hydrogen) atoms. The van der Waals surface area contributed by atoms with E-state index in [0.29, 0.717) is 36.7 Å². The molecule has 1 fully saturated rings. The molecule has 0 radical (unpaired) electrons. The highest BCUT2D eigenvalue weighted by Crippen LogP contribution is 2.24. The third kappa shape index (κ3) is 5.98. The molecule has 0 saturated carbocycles. The van der Waals surface area contributed by atoms with Crippen molar-refractivity contribution in [2.75, 3.05) is 18.0 Å². The first-order valence-electron chi connectivity index (χ1n) is 12.9. The number of carbonyl (C=O) groups excluding carboxylic acids is 1. The van der Waals surface area contributed by atoms with Crippen molar-refractivity contribution in [2.45, 2.75) is 72.2 Å². The average Bonchev–Trinajstić information content (AvgIpc) is 3.23. The molecule has 1 aliphatic rings. The molecule has 3 aromatic heterocycles. The molecule has 0 aliphatic carbocycles. The Hall–Kier alpha value is -3.89. The molecule has 1 aliphatic heterocycles.